The molecular weight excluding hydrogens is 517 g/mol. The number of piperazine rings is 1. The Morgan fingerprint density at radius 2 is 1.98 bits per heavy atom. The Labute approximate surface area is 245 Å². The van der Waals surface area contributed by atoms with Crippen molar-refractivity contribution in [2.75, 3.05) is 38.6 Å². The van der Waals surface area contributed by atoms with E-state index in [2.05, 4.69) is 55.5 Å². The highest BCUT2D eigenvalue weighted by atomic mass is 19.1. The Hall–Kier alpha value is -3.13. The van der Waals surface area contributed by atoms with Gasteiger partial charge in [-0.2, -0.15) is 0 Å². The van der Waals surface area contributed by atoms with Crippen LogP contribution in [0.1, 0.15) is 69.8 Å². The number of amides is 1. The number of rotatable bonds is 10. The maximum Gasteiger partial charge on any atom is 0.251 e. The van der Waals surface area contributed by atoms with Crippen molar-refractivity contribution in [3.8, 4) is 5.75 Å². The predicted octanol–water partition coefficient (Wildman–Crippen LogP) is 5.72. The molecule has 1 amide bonds. The van der Waals surface area contributed by atoms with E-state index in [0.717, 1.165) is 43.6 Å². The highest BCUT2D eigenvalue weighted by Gasteiger charge is 2.46. The van der Waals surface area contributed by atoms with Gasteiger partial charge in [0.25, 0.3) is 5.91 Å². The van der Waals surface area contributed by atoms with Crippen molar-refractivity contribution in [2.24, 2.45) is 22.2 Å². The minimum absolute atomic E-state index is 0.183. The van der Waals surface area contributed by atoms with Crippen molar-refractivity contribution in [1.82, 2.24) is 15.5 Å². The molecule has 2 aromatic rings. The highest BCUT2D eigenvalue weighted by Crippen LogP contribution is 2.54. The van der Waals surface area contributed by atoms with Gasteiger partial charge in [-0.3, -0.25) is 4.79 Å². The first-order chi connectivity index (χ1) is 19.6. The van der Waals surface area contributed by atoms with Gasteiger partial charge in [-0.1, -0.05) is 33.3 Å². The zero-order valence-corrected chi connectivity index (χ0v) is 25.6. The van der Waals surface area contributed by atoms with E-state index >= 15 is 0 Å². The van der Waals surface area contributed by atoms with Gasteiger partial charge >= 0.3 is 0 Å². The number of hydrogen-bond donors (Lipinski definition) is 3. The molecule has 1 unspecified atom stereocenters. The number of anilines is 1. The zero-order valence-electron chi connectivity index (χ0n) is 25.6. The summed E-state index contributed by atoms with van der Waals surface area (Å²) in [5.41, 5.74) is 2.38. The second kappa shape index (κ2) is 13.7. The Morgan fingerprint density at radius 3 is 2.61 bits per heavy atom. The van der Waals surface area contributed by atoms with Gasteiger partial charge in [0, 0.05) is 49.5 Å². The molecule has 8 heteroatoms. The van der Waals surface area contributed by atoms with Crippen LogP contribution in [0.3, 0.4) is 0 Å². The lowest BCUT2D eigenvalue weighted by Crippen LogP contribution is -2.53. The van der Waals surface area contributed by atoms with E-state index in [1.165, 1.54) is 26.0 Å². The molecule has 0 bridgehead atoms. The van der Waals surface area contributed by atoms with E-state index in [0.29, 0.717) is 47.2 Å². The molecule has 4 rings (SSSR count). The fraction of sp³-hybridized carbons (Fsp3) is 0.576. The van der Waals surface area contributed by atoms with Crippen molar-refractivity contribution >= 4 is 17.6 Å². The van der Waals surface area contributed by atoms with E-state index in [4.69, 9.17) is 9.73 Å². The summed E-state index contributed by atoms with van der Waals surface area (Å²) in [7, 11) is 1.51. The van der Waals surface area contributed by atoms with Gasteiger partial charge in [0.2, 0.25) is 0 Å². The number of hydrogen-bond acceptors (Lipinski definition) is 4. The molecule has 2 fully saturated rings. The van der Waals surface area contributed by atoms with Crippen LogP contribution in [0.2, 0.25) is 0 Å². The molecule has 1 heterocycles. The fourth-order valence-electron chi connectivity index (χ4n) is 6.31. The first kappa shape index (κ1) is 30.8. The van der Waals surface area contributed by atoms with Crippen molar-refractivity contribution < 1.29 is 13.9 Å². The first-order valence-electron chi connectivity index (χ1n) is 15.1. The molecule has 1 aliphatic heterocycles. The first-order valence-corrected chi connectivity index (χ1v) is 15.1. The second-order valence-corrected chi connectivity index (χ2v) is 12.4. The number of carbonyl (C=O) groups excluding carboxylic acids is 1. The molecule has 41 heavy (non-hydrogen) atoms. The minimum Gasteiger partial charge on any atom is -0.497 e. The summed E-state index contributed by atoms with van der Waals surface area (Å²) in [5.74, 6) is 2.38. The molecule has 1 saturated heterocycles. The van der Waals surface area contributed by atoms with Crippen LogP contribution >= 0.6 is 0 Å². The highest BCUT2D eigenvalue weighted by molar-refractivity contribution is 5.96. The van der Waals surface area contributed by atoms with Gasteiger partial charge < -0.3 is 25.6 Å². The third-order valence-electron chi connectivity index (χ3n) is 9.15. The van der Waals surface area contributed by atoms with E-state index in [1.807, 2.05) is 24.3 Å². The van der Waals surface area contributed by atoms with Crippen LogP contribution in [-0.2, 0) is 6.42 Å². The largest absolute Gasteiger partial charge is 0.497 e. The number of ether oxygens (including phenoxy) is 1. The average Bonchev–Trinajstić information content (AvgIpc) is 2.95. The van der Waals surface area contributed by atoms with Crippen LogP contribution < -0.4 is 20.7 Å². The SMILES string of the molecule is CC[C@@H]1C[C@H](CC(C)/N=C(/Nc2ccc(C(=O)NCCc3ccc(OC)cc3F)cc2)N2CCN[C@@H](C)C2)C1(C)C. The standard InChI is InChI=1S/C33H48FN5O2/c1-7-26-19-27(33(26,4)5)18-22(2)37-32(39-17-16-35-23(3)21-39)38-28-11-8-25(9-12-28)31(40)36-15-14-24-10-13-29(41-6)20-30(24)34/h8-13,20,22-23,26-27,35H,7,14-19,21H2,1-6H3,(H,36,40)(H,37,38)/t22?,23-,26+,27-/m0/s1. The average molecular weight is 566 g/mol. The van der Waals surface area contributed by atoms with Gasteiger partial charge in [0.05, 0.1) is 13.2 Å². The summed E-state index contributed by atoms with van der Waals surface area (Å²) in [5, 5.41) is 9.97. The summed E-state index contributed by atoms with van der Waals surface area (Å²) in [6.45, 7) is 14.6. The number of halogens is 1. The Balaban J connectivity index is 1.37. The van der Waals surface area contributed by atoms with Gasteiger partial charge in [0.15, 0.2) is 5.96 Å². The molecular formula is C33H48FN5O2. The Kier molecular flexibility index (Phi) is 10.3. The number of nitrogens with zero attached hydrogens (tertiary/aromatic N) is 2. The van der Waals surface area contributed by atoms with Gasteiger partial charge in [0.1, 0.15) is 11.6 Å². The van der Waals surface area contributed by atoms with Crippen LogP contribution in [-0.4, -0.2) is 62.1 Å². The number of guanidine groups is 1. The fourth-order valence-corrected chi connectivity index (χ4v) is 6.31. The molecule has 2 aromatic carbocycles. The second-order valence-electron chi connectivity index (χ2n) is 12.4. The van der Waals surface area contributed by atoms with Gasteiger partial charge in [-0.05, 0) is 86.3 Å². The number of methoxy groups -OCH3 is 1. The van der Waals surface area contributed by atoms with E-state index in [-0.39, 0.29) is 17.8 Å². The maximum atomic E-state index is 14.2. The molecule has 1 saturated carbocycles. The van der Waals surface area contributed by atoms with Crippen LogP contribution in [0.5, 0.6) is 5.75 Å². The molecule has 3 N–H and O–H groups in total. The Bertz CT molecular complexity index is 1200. The zero-order chi connectivity index (χ0) is 29.6. The number of benzene rings is 2. The van der Waals surface area contributed by atoms with E-state index in [1.54, 1.807) is 12.1 Å². The summed E-state index contributed by atoms with van der Waals surface area (Å²) < 4.78 is 19.3. The van der Waals surface area contributed by atoms with Crippen molar-refractivity contribution in [3.05, 3.63) is 59.4 Å². The summed E-state index contributed by atoms with van der Waals surface area (Å²) in [6, 6.07) is 12.8. The number of carbonyl (C=O) groups is 1. The third-order valence-corrected chi connectivity index (χ3v) is 9.15. The van der Waals surface area contributed by atoms with Gasteiger partial charge in [-0.25, -0.2) is 9.38 Å². The van der Waals surface area contributed by atoms with Crippen molar-refractivity contribution in [1.29, 1.82) is 0 Å². The molecule has 0 spiro atoms. The quantitative estimate of drug-likeness (QED) is 0.254. The van der Waals surface area contributed by atoms with Crippen LogP contribution in [0.15, 0.2) is 47.5 Å². The van der Waals surface area contributed by atoms with Crippen molar-refractivity contribution in [3.63, 3.8) is 0 Å². The lowest BCUT2D eigenvalue weighted by Gasteiger charge is -2.53. The molecule has 224 valence electrons. The van der Waals surface area contributed by atoms with E-state index in [9.17, 15) is 9.18 Å². The molecule has 0 radical (unpaired) electrons. The maximum absolute atomic E-state index is 14.2. The molecule has 4 atom stereocenters. The van der Waals surface area contributed by atoms with Crippen LogP contribution in [0.25, 0.3) is 0 Å². The minimum atomic E-state index is -0.332. The number of aliphatic imine (C=N–C) groups is 1. The molecule has 1 aliphatic carbocycles. The monoisotopic (exact) mass is 565 g/mol. The summed E-state index contributed by atoms with van der Waals surface area (Å²) in [4.78, 5) is 20.3. The van der Waals surface area contributed by atoms with Crippen LogP contribution in [0.4, 0.5) is 10.1 Å². The van der Waals surface area contributed by atoms with Crippen molar-refractivity contribution in [2.45, 2.75) is 72.4 Å². The summed E-state index contributed by atoms with van der Waals surface area (Å²) in [6.07, 6.45) is 4.05. The molecule has 0 aromatic heterocycles. The summed E-state index contributed by atoms with van der Waals surface area (Å²) >= 11 is 0. The molecule has 7 nitrogen and oxygen atoms in total. The smallest absolute Gasteiger partial charge is 0.251 e. The topological polar surface area (TPSA) is 78.0 Å². The normalized spacial score (nSPS) is 23.0. The Morgan fingerprint density at radius 1 is 1.22 bits per heavy atom. The lowest BCUT2D eigenvalue weighted by atomic mass is 9.52. The van der Waals surface area contributed by atoms with Crippen LogP contribution in [0, 0.1) is 23.1 Å². The molecule has 2 aliphatic rings. The lowest BCUT2D eigenvalue weighted by molar-refractivity contribution is -0.0299. The van der Waals surface area contributed by atoms with E-state index < -0.39 is 0 Å². The predicted molar refractivity (Wildman–Crippen MR) is 165 cm³/mol. The van der Waals surface area contributed by atoms with Gasteiger partial charge in [-0.15, -0.1) is 0 Å². The third kappa shape index (κ3) is 7.79. The number of nitrogens with one attached hydrogen (secondary N) is 3.